The summed E-state index contributed by atoms with van der Waals surface area (Å²) in [6, 6.07) is 10.8. The Kier molecular flexibility index (Phi) is 4.23. The van der Waals surface area contributed by atoms with Crippen LogP contribution in [0.15, 0.2) is 42.6 Å². The molecule has 1 aliphatic rings. The topological polar surface area (TPSA) is 71.5 Å². The first-order chi connectivity index (χ1) is 11.1. The van der Waals surface area contributed by atoms with Gasteiger partial charge in [0.1, 0.15) is 18.1 Å². The van der Waals surface area contributed by atoms with Crippen LogP contribution in [-0.2, 0) is 9.59 Å². The predicted molar refractivity (Wildman–Crippen MR) is 86.5 cm³/mol. The SMILES string of the molecule is Cc1ccnc(NC(=O)CN2C(=O)CCOc3ccccc32)c1. The lowest BCUT2D eigenvalue weighted by Crippen LogP contribution is -2.37. The van der Waals surface area contributed by atoms with Crippen LogP contribution in [0.4, 0.5) is 11.5 Å². The van der Waals surface area contributed by atoms with Gasteiger partial charge in [-0.25, -0.2) is 4.98 Å². The molecule has 2 heterocycles. The van der Waals surface area contributed by atoms with Gasteiger partial charge >= 0.3 is 0 Å². The minimum atomic E-state index is -0.298. The van der Waals surface area contributed by atoms with Gasteiger partial charge in [0, 0.05) is 6.20 Å². The largest absolute Gasteiger partial charge is 0.491 e. The van der Waals surface area contributed by atoms with Crippen molar-refractivity contribution in [3.63, 3.8) is 0 Å². The van der Waals surface area contributed by atoms with Gasteiger partial charge in [-0.1, -0.05) is 12.1 Å². The zero-order valence-electron chi connectivity index (χ0n) is 12.8. The molecule has 0 saturated heterocycles. The third-order valence-electron chi connectivity index (χ3n) is 3.52. The summed E-state index contributed by atoms with van der Waals surface area (Å²) < 4.78 is 5.56. The molecule has 2 amide bonds. The number of amides is 2. The number of hydrogen-bond donors (Lipinski definition) is 1. The normalized spacial score (nSPS) is 13.8. The molecule has 1 N–H and O–H groups in total. The maximum Gasteiger partial charge on any atom is 0.245 e. The Labute approximate surface area is 134 Å². The number of aromatic nitrogens is 1. The lowest BCUT2D eigenvalue weighted by Gasteiger charge is -2.21. The summed E-state index contributed by atoms with van der Waals surface area (Å²) in [4.78, 5) is 30.1. The van der Waals surface area contributed by atoms with Crippen molar-refractivity contribution in [2.75, 3.05) is 23.4 Å². The molecule has 6 nitrogen and oxygen atoms in total. The zero-order valence-corrected chi connectivity index (χ0v) is 12.8. The highest BCUT2D eigenvalue weighted by molar-refractivity contribution is 6.03. The van der Waals surface area contributed by atoms with Crippen LogP contribution >= 0.6 is 0 Å². The molecule has 0 saturated carbocycles. The van der Waals surface area contributed by atoms with Crippen LogP contribution in [0.3, 0.4) is 0 Å². The van der Waals surface area contributed by atoms with Gasteiger partial charge in [0.05, 0.1) is 18.7 Å². The maximum absolute atomic E-state index is 12.3. The number of nitrogens with one attached hydrogen (secondary N) is 1. The molecule has 0 unspecified atom stereocenters. The number of pyridine rings is 1. The summed E-state index contributed by atoms with van der Waals surface area (Å²) in [5, 5.41) is 2.72. The van der Waals surface area contributed by atoms with Crippen LogP contribution in [0.2, 0.25) is 0 Å². The smallest absolute Gasteiger partial charge is 0.245 e. The summed E-state index contributed by atoms with van der Waals surface area (Å²) >= 11 is 0. The Morgan fingerprint density at radius 2 is 2.17 bits per heavy atom. The third kappa shape index (κ3) is 3.48. The van der Waals surface area contributed by atoms with Crippen molar-refractivity contribution in [1.29, 1.82) is 0 Å². The molecule has 0 atom stereocenters. The van der Waals surface area contributed by atoms with Gasteiger partial charge in [-0.05, 0) is 36.8 Å². The monoisotopic (exact) mass is 311 g/mol. The fourth-order valence-electron chi connectivity index (χ4n) is 2.42. The Morgan fingerprint density at radius 1 is 1.35 bits per heavy atom. The minimum absolute atomic E-state index is 0.0746. The van der Waals surface area contributed by atoms with Gasteiger partial charge in [0.25, 0.3) is 0 Å². The summed E-state index contributed by atoms with van der Waals surface area (Å²) in [5.74, 6) is 0.650. The first-order valence-corrected chi connectivity index (χ1v) is 7.38. The van der Waals surface area contributed by atoms with E-state index in [-0.39, 0.29) is 24.8 Å². The van der Waals surface area contributed by atoms with Crippen molar-refractivity contribution < 1.29 is 14.3 Å². The highest BCUT2D eigenvalue weighted by Gasteiger charge is 2.25. The van der Waals surface area contributed by atoms with Crippen LogP contribution in [0.1, 0.15) is 12.0 Å². The number of benzene rings is 1. The number of aryl methyl sites for hydroxylation is 1. The van der Waals surface area contributed by atoms with E-state index in [1.165, 1.54) is 4.90 Å². The molecule has 2 aromatic rings. The van der Waals surface area contributed by atoms with Gasteiger partial charge in [-0.15, -0.1) is 0 Å². The quantitative estimate of drug-likeness (QED) is 0.942. The molecule has 0 bridgehead atoms. The van der Waals surface area contributed by atoms with Crippen molar-refractivity contribution in [2.24, 2.45) is 0 Å². The van der Waals surface area contributed by atoms with Crippen molar-refractivity contribution in [2.45, 2.75) is 13.3 Å². The second-order valence-electron chi connectivity index (χ2n) is 5.31. The fourth-order valence-corrected chi connectivity index (χ4v) is 2.42. The Hall–Kier alpha value is -2.89. The van der Waals surface area contributed by atoms with Crippen LogP contribution in [0.25, 0.3) is 0 Å². The van der Waals surface area contributed by atoms with Gasteiger partial charge in [0.15, 0.2) is 0 Å². The highest BCUT2D eigenvalue weighted by atomic mass is 16.5. The van der Waals surface area contributed by atoms with E-state index in [2.05, 4.69) is 10.3 Å². The van der Waals surface area contributed by atoms with Gasteiger partial charge in [0.2, 0.25) is 11.8 Å². The van der Waals surface area contributed by atoms with Crippen molar-refractivity contribution in [1.82, 2.24) is 4.98 Å². The molecule has 6 heteroatoms. The van der Waals surface area contributed by atoms with Crippen molar-refractivity contribution in [3.8, 4) is 5.75 Å². The molecular weight excluding hydrogens is 294 g/mol. The van der Waals surface area contributed by atoms with Crippen LogP contribution < -0.4 is 15.0 Å². The molecule has 23 heavy (non-hydrogen) atoms. The first-order valence-electron chi connectivity index (χ1n) is 7.38. The molecule has 1 aromatic heterocycles. The van der Waals surface area contributed by atoms with Crippen molar-refractivity contribution in [3.05, 3.63) is 48.2 Å². The van der Waals surface area contributed by atoms with Crippen LogP contribution in [-0.4, -0.2) is 29.9 Å². The van der Waals surface area contributed by atoms with E-state index in [0.29, 0.717) is 23.9 Å². The minimum Gasteiger partial charge on any atom is -0.491 e. The van der Waals surface area contributed by atoms with Crippen LogP contribution in [0.5, 0.6) is 5.75 Å². The van der Waals surface area contributed by atoms with Gasteiger partial charge < -0.3 is 10.1 Å². The Balaban J connectivity index is 1.78. The average molecular weight is 311 g/mol. The molecule has 1 aromatic carbocycles. The zero-order chi connectivity index (χ0) is 16.2. The van der Waals surface area contributed by atoms with Gasteiger partial charge in [-0.3, -0.25) is 14.5 Å². The number of fused-ring (bicyclic) bond motifs is 1. The van der Waals surface area contributed by atoms with Gasteiger partial charge in [-0.2, -0.15) is 0 Å². The molecule has 0 spiro atoms. The highest BCUT2D eigenvalue weighted by Crippen LogP contribution is 2.30. The number of rotatable bonds is 3. The first kappa shape index (κ1) is 15.0. The molecule has 0 aliphatic carbocycles. The summed E-state index contributed by atoms with van der Waals surface area (Å²) in [6.45, 7) is 2.16. The lowest BCUT2D eigenvalue weighted by molar-refractivity contribution is -0.121. The Bertz CT molecular complexity index is 745. The standard InChI is InChI=1S/C17H17N3O3/c1-12-6-8-18-15(10-12)19-16(21)11-20-13-4-2-3-5-14(13)23-9-7-17(20)22/h2-6,8,10H,7,9,11H2,1H3,(H,18,19,21). The second-order valence-corrected chi connectivity index (χ2v) is 5.31. The number of nitrogens with zero attached hydrogens (tertiary/aromatic N) is 2. The van der Waals surface area contributed by atoms with E-state index < -0.39 is 0 Å². The molecule has 1 aliphatic heterocycles. The fraction of sp³-hybridized carbons (Fsp3) is 0.235. The number of ether oxygens (including phenoxy) is 1. The number of carbonyl (C=O) groups excluding carboxylic acids is 2. The molecule has 3 rings (SSSR count). The van der Waals surface area contributed by atoms with Crippen LogP contribution in [0, 0.1) is 6.92 Å². The number of anilines is 2. The second kappa shape index (κ2) is 6.48. The average Bonchev–Trinajstić information content (AvgIpc) is 2.67. The summed E-state index contributed by atoms with van der Waals surface area (Å²) in [5.41, 5.74) is 1.61. The molecular formula is C17H17N3O3. The van der Waals surface area contributed by atoms with E-state index in [1.807, 2.05) is 25.1 Å². The lowest BCUT2D eigenvalue weighted by atomic mass is 10.2. The molecule has 118 valence electrons. The summed E-state index contributed by atoms with van der Waals surface area (Å²) in [7, 11) is 0. The van der Waals surface area contributed by atoms with Crippen molar-refractivity contribution >= 4 is 23.3 Å². The summed E-state index contributed by atoms with van der Waals surface area (Å²) in [6.07, 6.45) is 1.87. The Morgan fingerprint density at radius 3 is 3.00 bits per heavy atom. The number of carbonyl (C=O) groups is 2. The number of para-hydroxylation sites is 2. The predicted octanol–water partition coefficient (Wildman–Crippen LogP) is 2.14. The van der Waals surface area contributed by atoms with E-state index in [1.54, 1.807) is 24.4 Å². The van der Waals surface area contributed by atoms with E-state index in [4.69, 9.17) is 4.74 Å². The maximum atomic E-state index is 12.3. The molecule has 0 fully saturated rings. The van der Waals surface area contributed by atoms with E-state index >= 15 is 0 Å². The molecule has 0 radical (unpaired) electrons. The van der Waals surface area contributed by atoms with E-state index in [0.717, 1.165) is 5.56 Å². The number of hydrogen-bond acceptors (Lipinski definition) is 4. The van der Waals surface area contributed by atoms with E-state index in [9.17, 15) is 9.59 Å². The third-order valence-corrected chi connectivity index (χ3v) is 3.52.